The van der Waals surface area contributed by atoms with Crippen molar-refractivity contribution in [2.75, 3.05) is 11.9 Å². The highest BCUT2D eigenvalue weighted by molar-refractivity contribution is 7.89. The molecule has 0 heterocycles. The van der Waals surface area contributed by atoms with Gasteiger partial charge < -0.3 is 10.6 Å². The van der Waals surface area contributed by atoms with Gasteiger partial charge in [0.25, 0.3) is 0 Å². The summed E-state index contributed by atoms with van der Waals surface area (Å²) >= 11 is 0. The standard InChI is InChI=1S/C19H25N3O3S/c1-14(2)13-20-19(23)21-17-9-11-18(12-10-17)26(24,25)22-15(3)16-7-5-4-6-8-16/h4-12,14-15,22H,13H2,1-3H3,(H2,20,21,23)/t15-/m0/s1. The average molecular weight is 375 g/mol. The second-order valence-corrected chi connectivity index (χ2v) is 8.22. The van der Waals surface area contributed by atoms with Crippen molar-refractivity contribution >= 4 is 21.7 Å². The molecule has 140 valence electrons. The van der Waals surface area contributed by atoms with Crippen LogP contribution in [0.25, 0.3) is 0 Å². The Hall–Kier alpha value is -2.38. The van der Waals surface area contributed by atoms with Crippen molar-refractivity contribution in [2.24, 2.45) is 5.92 Å². The minimum Gasteiger partial charge on any atom is -0.338 e. The summed E-state index contributed by atoms with van der Waals surface area (Å²) in [4.78, 5) is 11.9. The van der Waals surface area contributed by atoms with E-state index in [1.54, 1.807) is 19.1 Å². The van der Waals surface area contributed by atoms with Gasteiger partial charge >= 0.3 is 6.03 Å². The number of sulfonamides is 1. The zero-order valence-electron chi connectivity index (χ0n) is 15.2. The lowest BCUT2D eigenvalue weighted by atomic mass is 10.1. The van der Waals surface area contributed by atoms with Crippen LogP contribution in [0.2, 0.25) is 0 Å². The highest BCUT2D eigenvalue weighted by Gasteiger charge is 2.18. The van der Waals surface area contributed by atoms with Crippen LogP contribution in [-0.2, 0) is 10.0 Å². The molecule has 0 spiro atoms. The molecule has 2 aromatic carbocycles. The second-order valence-electron chi connectivity index (χ2n) is 6.51. The molecule has 7 heteroatoms. The van der Waals surface area contributed by atoms with Crippen LogP contribution in [0.5, 0.6) is 0 Å². The van der Waals surface area contributed by atoms with Crippen molar-refractivity contribution in [3.8, 4) is 0 Å². The van der Waals surface area contributed by atoms with Gasteiger partial charge in [-0.25, -0.2) is 17.9 Å². The van der Waals surface area contributed by atoms with Crippen LogP contribution in [0.4, 0.5) is 10.5 Å². The topological polar surface area (TPSA) is 87.3 Å². The Morgan fingerprint density at radius 3 is 2.15 bits per heavy atom. The summed E-state index contributed by atoms with van der Waals surface area (Å²) in [6.07, 6.45) is 0. The van der Waals surface area contributed by atoms with Gasteiger partial charge in [-0.05, 0) is 42.7 Å². The Balaban J connectivity index is 2.01. The van der Waals surface area contributed by atoms with Crippen molar-refractivity contribution < 1.29 is 13.2 Å². The van der Waals surface area contributed by atoms with E-state index in [1.807, 2.05) is 44.2 Å². The van der Waals surface area contributed by atoms with E-state index < -0.39 is 10.0 Å². The normalized spacial score (nSPS) is 12.6. The molecule has 0 aliphatic carbocycles. The quantitative estimate of drug-likeness (QED) is 0.692. The maximum absolute atomic E-state index is 12.5. The number of hydrogen-bond acceptors (Lipinski definition) is 3. The van der Waals surface area contributed by atoms with Crippen LogP contribution in [0.1, 0.15) is 32.4 Å². The van der Waals surface area contributed by atoms with Gasteiger partial charge in [0, 0.05) is 18.3 Å². The van der Waals surface area contributed by atoms with Gasteiger partial charge in [0.2, 0.25) is 10.0 Å². The predicted molar refractivity (Wildman–Crippen MR) is 103 cm³/mol. The van der Waals surface area contributed by atoms with E-state index in [4.69, 9.17) is 0 Å². The molecule has 0 saturated heterocycles. The van der Waals surface area contributed by atoms with Crippen molar-refractivity contribution in [2.45, 2.75) is 31.7 Å². The van der Waals surface area contributed by atoms with Gasteiger partial charge in [-0.1, -0.05) is 44.2 Å². The number of hydrogen-bond donors (Lipinski definition) is 3. The molecule has 2 rings (SSSR count). The van der Waals surface area contributed by atoms with Gasteiger partial charge in [0.15, 0.2) is 0 Å². The molecule has 0 unspecified atom stereocenters. The molecule has 0 saturated carbocycles. The Kier molecular flexibility index (Phi) is 6.76. The van der Waals surface area contributed by atoms with Crippen LogP contribution in [0.3, 0.4) is 0 Å². The molecule has 0 aliphatic rings. The molecule has 2 amide bonds. The Labute approximate surface area is 155 Å². The number of rotatable bonds is 7. The minimum atomic E-state index is -3.65. The lowest BCUT2D eigenvalue weighted by molar-refractivity contribution is 0.251. The van der Waals surface area contributed by atoms with E-state index >= 15 is 0 Å². The molecular weight excluding hydrogens is 350 g/mol. The van der Waals surface area contributed by atoms with Crippen LogP contribution >= 0.6 is 0 Å². The molecule has 2 aromatic rings. The first-order valence-corrected chi connectivity index (χ1v) is 9.98. The zero-order valence-corrected chi connectivity index (χ0v) is 16.0. The molecule has 1 atom stereocenters. The first-order chi connectivity index (χ1) is 12.3. The van der Waals surface area contributed by atoms with Crippen LogP contribution in [-0.4, -0.2) is 21.0 Å². The summed E-state index contributed by atoms with van der Waals surface area (Å²) in [6, 6.07) is 14.8. The third kappa shape index (κ3) is 5.86. The third-order valence-electron chi connectivity index (χ3n) is 3.72. The van der Waals surface area contributed by atoms with Gasteiger partial charge in [0.1, 0.15) is 0 Å². The highest BCUT2D eigenvalue weighted by atomic mass is 32.2. The average Bonchev–Trinajstić information content (AvgIpc) is 2.61. The van der Waals surface area contributed by atoms with E-state index in [0.29, 0.717) is 18.2 Å². The van der Waals surface area contributed by atoms with Crippen LogP contribution < -0.4 is 15.4 Å². The maximum atomic E-state index is 12.5. The molecular formula is C19H25N3O3S. The third-order valence-corrected chi connectivity index (χ3v) is 5.28. The zero-order chi connectivity index (χ0) is 19.2. The molecule has 0 bridgehead atoms. The predicted octanol–water partition coefficient (Wildman–Crippen LogP) is 3.50. The van der Waals surface area contributed by atoms with Gasteiger partial charge in [-0.2, -0.15) is 0 Å². The lowest BCUT2D eigenvalue weighted by Gasteiger charge is -2.15. The van der Waals surface area contributed by atoms with Crippen molar-refractivity contribution in [3.63, 3.8) is 0 Å². The van der Waals surface area contributed by atoms with Crippen molar-refractivity contribution in [1.29, 1.82) is 0 Å². The molecule has 0 radical (unpaired) electrons. The fourth-order valence-electron chi connectivity index (χ4n) is 2.30. The fraction of sp³-hybridized carbons (Fsp3) is 0.316. The number of benzene rings is 2. The largest absolute Gasteiger partial charge is 0.338 e. The first-order valence-electron chi connectivity index (χ1n) is 8.50. The first kappa shape index (κ1) is 19.9. The summed E-state index contributed by atoms with van der Waals surface area (Å²) in [5.41, 5.74) is 1.41. The number of amides is 2. The van der Waals surface area contributed by atoms with Crippen LogP contribution in [0.15, 0.2) is 59.5 Å². The molecule has 3 N–H and O–H groups in total. The Bertz CT molecular complexity index is 819. The van der Waals surface area contributed by atoms with Gasteiger partial charge in [0.05, 0.1) is 4.90 Å². The SMILES string of the molecule is CC(C)CNC(=O)Nc1ccc(S(=O)(=O)N[C@@H](C)c2ccccc2)cc1. The number of anilines is 1. The minimum absolute atomic E-state index is 0.147. The summed E-state index contributed by atoms with van der Waals surface area (Å²) in [6.45, 7) is 6.37. The molecule has 0 aromatic heterocycles. The fourth-order valence-corrected chi connectivity index (χ4v) is 3.53. The maximum Gasteiger partial charge on any atom is 0.319 e. The molecule has 26 heavy (non-hydrogen) atoms. The Morgan fingerprint density at radius 1 is 0.962 bits per heavy atom. The van der Waals surface area contributed by atoms with Crippen molar-refractivity contribution in [3.05, 3.63) is 60.2 Å². The molecule has 6 nitrogen and oxygen atoms in total. The van der Waals surface area contributed by atoms with Gasteiger partial charge in [-0.15, -0.1) is 0 Å². The second kappa shape index (κ2) is 8.82. The van der Waals surface area contributed by atoms with E-state index in [-0.39, 0.29) is 17.0 Å². The van der Waals surface area contributed by atoms with Gasteiger partial charge in [-0.3, -0.25) is 0 Å². The summed E-state index contributed by atoms with van der Waals surface area (Å²) in [7, 11) is -3.65. The summed E-state index contributed by atoms with van der Waals surface area (Å²) < 4.78 is 27.7. The smallest absolute Gasteiger partial charge is 0.319 e. The summed E-state index contributed by atoms with van der Waals surface area (Å²) in [5, 5.41) is 5.42. The number of nitrogens with one attached hydrogen (secondary N) is 3. The van der Waals surface area contributed by atoms with E-state index in [0.717, 1.165) is 5.56 Å². The monoisotopic (exact) mass is 375 g/mol. The highest BCUT2D eigenvalue weighted by Crippen LogP contribution is 2.18. The summed E-state index contributed by atoms with van der Waals surface area (Å²) in [5.74, 6) is 0.353. The van der Waals surface area contributed by atoms with E-state index in [2.05, 4.69) is 15.4 Å². The molecule has 0 fully saturated rings. The van der Waals surface area contributed by atoms with E-state index in [9.17, 15) is 13.2 Å². The lowest BCUT2D eigenvalue weighted by Crippen LogP contribution is -2.31. The molecule has 0 aliphatic heterocycles. The van der Waals surface area contributed by atoms with Crippen LogP contribution in [0, 0.1) is 5.92 Å². The number of carbonyl (C=O) groups is 1. The number of carbonyl (C=O) groups excluding carboxylic acids is 1. The number of urea groups is 1. The van der Waals surface area contributed by atoms with E-state index in [1.165, 1.54) is 12.1 Å². The van der Waals surface area contributed by atoms with Crippen molar-refractivity contribution in [1.82, 2.24) is 10.0 Å². The Morgan fingerprint density at radius 2 is 1.58 bits per heavy atom.